The second kappa shape index (κ2) is 10.2. The monoisotopic (exact) mass is 347 g/mol. The van der Waals surface area contributed by atoms with Crippen LogP contribution >= 0.6 is 0 Å². The smallest absolute Gasteiger partial charge is 0.307 e. The third-order valence-corrected chi connectivity index (χ3v) is 4.74. The fraction of sp³-hybridized carbons (Fsp3) is 0.600. The number of unbranched alkanes of at least 4 members (excludes halogenated alkanes) is 2. The van der Waals surface area contributed by atoms with Crippen molar-refractivity contribution in [3.8, 4) is 0 Å². The van der Waals surface area contributed by atoms with Gasteiger partial charge < -0.3 is 4.74 Å². The van der Waals surface area contributed by atoms with Crippen molar-refractivity contribution in [3.63, 3.8) is 0 Å². The molecule has 5 heteroatoms. The lowest BCUT2D eigenvalue weighted by atomic mass is 9.94. The molecule has 0 amide bonds. The van der Waals surface area contributed by atoms with E-state index in [4.69, 9.17) is 4.84 Å². The van der Waals surface area contributed by atoms with Crippen LogP contribution in [0.5, 0.6) is 0 Å². The van der Waals surface area contributed by atoms with Crippen LogP contribution in [0.3, 0.4) is 0 Å². The Morgan fingerprint density at radius 1 is 1.32 bits per heavy atom. The van der Waals surface area contributed by atoms with Crippen molar-refractivity contribution >= 4 is 11.8 Å². The summed E-state index contributed by atoms with van der Waals surface area (Å²) in [7, 11) is 1.37. The molecule has 5 nitrogen and oxygen atoms in total. The van der Waals surface area contributed by atoms with E-state index in [0.717, 1.165) is 37.8 Å². The van der Waals surface area contributed by atoms with Crippen molar-refractivity contribution < 1.29 is 19.2 Å². The molecule has 2 rings (SSSR count). The van der Waals surface area contributed by atoms with E-state index in [-0.39, 0.29) is 24.8 Å². The summed E-state index contributed by atoms with van der Waals surface area (Å²) in [5.74, 6) is 0.829. The first-order valence-electron chi connectivity index (χ1n) is 9.20. The molecule has 1 N–H and O–H groups in total. The van der Waals surface area contributed by atoms with Crippen molar-refractivity contribution in [3.05, 3.63) is 35.6 Å². The Bertz CT molecular complexity index is 562. The molecule has 0 unspecified atom stereocenters. The molecule has 0 aliphatic heterocycles. The largest absolute Gasteiger partial charge is 0.469 e. The average molecular weight is 347 g/mol. The van der Waals surface area contributed by atoms with Crippen molar-refractivity contribution in [2.24, 2.45) is 11.8 Å². The van der Waals surface area contributed by atoms with Crippen LogP contribution < -0.4 is 5.48 Å². The maximum atomic E-state index is 11.9. The topological polar surface area (TPSA) is 64.6 Å². The molecular weight excluding hydrogens is 318 g/mol. The van der Waals surface area contributed by atoms with Crippen molar-refractivity contribution in [2.75, 3.05) is 13.7 Å². The number of ether oxygens (including phenoxy) is 1. The lowest BCUT2D eigenvalue weighted by molar-refractivity contribution is -0.142. The summed E-state index contributed by atoms with van der Waals surface area (Å²) < 4.78 is 4.57. The molecule has 0 bridgehead atoms. The lowest BCUT2D eigenvalue weighted by Gasteiger charge is -2.10. The summed E-state index contributed by atoms with van der Waals surface area (Å²) in [5, 5.41) is 0. The SMILES string of the molecule is CCCCCC(=O)C=CC1=CC[C@@H]2CC(NOCCC(=O)OC)=C[C@@H]12. The zero-order chi connectivity index (χ0) is 18.1. The van der Waals surface area contributed by atoms with Crippen LogP contribution in [0.1, 0.15) is 51.9 Å². The van der Waals surface area contributed by atoms with Crippen LogP contribution in [0.2, 0.25) is 0 Å². The first kappa shape index (κ1) is 19.4. The second-order valence-electron chi connectivity index (χ2n) is 6.66. The van der Waals surface area contributed by atoms with Gasteiger partial charge in [0.25, 0.3) is 0 Å². The number of rotatable bonds is 11. The van der Waals surface area contributed by atoms with Crippen LogP contribution in [0, 0.1) is 11.8 Å². The number of carbonyl (C=O) groups is 2. The fourth-order valence-electron chi connectivity index (χ4n) is 3.31. The van der Waals surface area contributed by atoms with E-state index in [2.05, 4.69) is 29.3 Å². The van der Waals surface area contributed by atoms with Crippen LogP contribution in [0.15, 0.2) is 35.6 Å². The van der Waals surface area contributed by atoms with Gasteiger partial charge in [-0.3, -0.25) is 19.9 Å². The molecule has 0 radical (unpaired) electrons. The third kappa shape index (κ3) is 6.16. The molecule has 0 spiro atoms. The molecular formula is C20H29NO4. The number of esters is 1. The Hall–Kier alpha value is -1.88. The standard InChI is InChI=1S/C20H29NO4/c1-3-4-5-6-18(22)10-9-15-7-8-16-13-17(14-19(15)16)21-25-12-11-20(23)24-2/h7,9-10,14,16,19,21H,3-6,8,11-13H2,1-2H3/t16-,19+/m1/s1. The lowest BCUT2D eigenvalue weighted by Crippen LogP contribution is -2.16. The molecule has 2 atom stereocenters. The van der Waals surface area contributed by atoms with Gasteiger partial charge in [-0.05, 0) is 36.8 Å². The van der Waals surface area contributed by atoms with E-state index in [9.17, 15) is 9.59 Å². The van der Waals surface area contributed by atoms with Gasteiger partial charge in [0, 0.05) is 18.0 Å². The molecule has 138 valence electrons. The number of nitrogens with one attached hydrogen (secondary N) is 1. The number of hydrogen-bond acceptors (Lipinski definition) is 5. The third-order valence-electron chi connectivity index (χ3n) is 4.74. The molecule has 25 heavy (non-hydrogen) atoms. The minimum Gasteiger partial charge on any atom is -0.469 e. The normalized spacial score (nSPS) is 21.8. The summed E-state index contributed by atoms with van der Waals surface area (Å²) in [5.41, 5.74) is 5.22. The van der Waals surface area contributed by atoms with Gasteiger partial charge in [-0.25, -0.2) is 0 Å². The van der Waals surface area contributed by atoms with E-state index < -0.39 is 0 Å². The van der Waals surface area contributed by atoms with E-state index in [0.29, 0.717) is 18.3 Å². The summed E-state index contributed by atoms with van der Waals surface area (Å²) in [6.45, 7) is 2.43. The number of fused-ring (bicyclic) bond motifs is 1. The number of hydrogen-bond donors (Lipinski definition) is 1. The number of ketones is 1. The maximum Gasteiger partial charge on any atom is 0.307 e. The highest BCUT2D eigenvalue weighted by molar-refractivity contribution is 5.90. The van der Waals surface area contributed by atoms with Crippen molar-refractivity contribution in [1.29, 1.82) is 0 Å². The molecule has 0 heterocycles. The van der Waals surface area contributed by atoms with E-state index >= 15 is 0 Å². The number of allylic oxidation sites excluding steroid dienone is 6. The van der Waals surface area contributed by atoms with E-state index in [1.54, 1.807) is 6.08 Å². The molecule has 0 aromatic rings. The molecule has 0 saturated heterocycles. The quantitative estimate of drug-likeness (QED) is 0.268. The Labute approximate surface area is 150 Å². The summed E-state index contributed by atoms with van der Waals surface area (Å²) >= 11 is 0. The Morgan fingerprint density at radius 3 is 2.92 bits per heavy atom. The first-order valence-corrected chi connectivity index (χ1v) is 9.20. The summed E-state index contributed by atoms with van der Waals surface area (Å²) in [6, 6.07) is 0. The van der Waals surface area contributed by atoms with Crippen LogP contribution in [0.4, 0.5) is 0 Å². The highest BCUT2D eigenvalue weighted by Crippen LogP contribution is 2.42. The van der Waals surface area contributed by atoms with Crippen LogP contribution in [-0.2, 0) is 19.2 Å². The van der Waals surface area contributed by atoms with Crippen LogP contribution in [-0.4, -0.2) is 25.5 Å². The van der Waals surface area contributed by atoms with Gasteiger partial charge >= 0.3 is 5.97 Å². The van der Waals surface area contributed by atoms with E-state index in [1.165, 1.54) is 12.7 Å². The zero-order valence-electron chi connectivity index (χ0n) is 15.3. The molecule has 0 saturated carbocycles. The Morgan fingerprint density at radius 2 is 2.16 bits per heavy atom. The molecule has 0 aromatic heterocycles. The number of hydroxylamine groups is 1. The van der Waals surface area contributed by atoms with Gasteiger partial charge in [-0.1, -0.05) is 38.0 Å². The Kier molecular flexibility index (Phi) is 7.92. The number of carbonyl (C=O) groups excluding carboxylic acids is 2. The van der Waals surface area contributed by atoms with Gasteiger partial charge in [0.1, 0.15) is 0 Å². The summed E-state index contributed by atoms with van der Waals surface area (Å²) in [4.78, 5) is 28.3. The summed E-state index contributed by atoms with van der Waals surface area (Å²) in [6.07, 6.45) is 14.2. The average Bonchev–Trinajstić information content (AvgIpc) is 3.17. The predicted molar refractivity (Wildman–Crippen MR) is 96.4 cm³/mol. The van der Waals surface area contributed by atoms with Crippen LogP contribution in [0.25, 0.3) is 0 Å². The first-order chi connectivity index (χ1) is 12.1. The minimum atomic E-state index is -0.280. The fourth-order valence-corrected chi connectivity index (χ4v) is 3.31. The van der Waals surface area contributed by atoms with Crippen molar-refractivity contribution in [2.45, 2.75) is 51.9 Å². The highest BCUT2D eigenvalue weighted by Gasteiger charge is 2.32. The Balaban J connectivity index is 1.76. The maximum absolute atomic E-state index is 11.9. The van der Waals surface area contributed by atoms with Gasteiger partial charge in [0.05, 0.1) is 20.1 Å². The second-order valence-corrected chi connectivity index (χ2v) is 6.66. The van der Waals surface area contributed by atoms with Crippen molar-refractivity contribution in [1.82, 2.24) is 5.48 Å². The zero-order valence-corrected chi connectivity index (χ0v) is 15.3. The van der Waals surface area contributed by atoms with Gasteiger partial charge in [-0.15, -0.1) is 0 Å². The molecule has 2 aliphatic rings. The number of methoxy groups -OCH3 is 1. The highest BCUT2D eigenvalue weighted by atomic mass is 16.6. The molecule has 0 fully saturated rings. The van der Waals surface area contributed by atoms with Gasteiger partial charge in [0.15, 0.2) is 5.78 Å². The van der Waals surface area contributed by atoms with Gasteiger partial charge in [-0.2, -0.15) is 0 Å². The predicted octanol–water partition coefficient (Wildman–Crippen LogP) is 3.63. The van der Waals surface area contributed by atoms with E-state index in [1.807, 2.05) is 6.08 Å². The molecule has 0 aromatic carbocycles. The van der Waals surface area contributed by atoms with Gasteiger partial charge in [0.2, 0.25) is 0 Å². The minimum absolute atomic E-state index is 0.212. The molecule has 2 aliphatic carbocycles.